The minimum absolute atomic E-state index is 0.297. The molecule has 0 spiro atoms. The van der Waals surface area contributed by atoms with Gasteiger partial charge >= 0.3 is 0 Å². The molecule has 0 radical (unpaired) electrons. The molecule has 1 atom stereocenters. The molecule has 1 aromatic carbocycles. The maximum absolute atomic E-state index is 6.01. The van der Waals surface area contributed by atoms with Crippen molar-refractivity contribution in [2.24, 2.45) is 5.16 Å². The van der Waals surface area contributed by atoms with Crippen LogP contribution in [0.15, 0.2) is 40.1 Å². The van der Waals surface area contributed by atoms with E-state index in [2.05, 4.69) is 31.4 Å². The SMILES string of the molecule is CC(Oc1ccc2ncc(Br)cc2c1)C(=S)NC(C)(C)C=NOC(C)(C)C. The van der Waals surface area contributed by atoms with Crippen molar-refractivity contribution in [2.45, 2.75) is 58.8 Å². The van der Waals surface area contributed by atoms with E-state index in [1.165, 1.54) is 0 Å². The largest absolute Gasteiger partial charge is 0.484 e. The van der Waals surface area contributed by atoms with Crippen molar-refractivity contribution in [3.05, 3.63) is 34.9 Å². The van der Waals surface area contributed by atoms with E-state index >= 15 is 0 Å². The van der Waals surface area contributed by atoms with Gasteiger partial charge in [-0.05, 0) is 81.7 Å². The van der Waals surface area contributed by atoms with Crippen LogP contribution >= 0.6 is 28.1 Å². The molecule has 1 unspecified atom stereocenters. The van der Waals surface area contributed by atoms with Gasteiger partial charge in [-0.1, -0.05) is 17.4 Å². The van der Waals surface area contributed by atoms with Crippen LogP contribution in [0.3, 0.4) is 0 Å². The molecule has 1 heterocycles. The molecule has 0 saturated carbocycles. The lowest BCUT2D eigenvalue weighted by atomic mass is 10.1. The van der Waals surface area contributed by atoms with Crippen LogP contribution in [0.4, 0.5) is 0 Å². The average Bonchev–Trinajstić information content (AvgIpc) is 2.52. The van der Waals surface area contributed by atoms with Gasteiger partial charge in [0.05, 0.1) is 17.3 Å². The van der Waals surface area contributed by atoms with E-state index in [0.717, 1.165) is 21.1 Å². The minimum atomic E-state index is -0.460. The first-order chi connectivity index (χ1) is 12.5. The summed E-state index contributed by atoms with van der Waals surface area (Å²) < 4.78 is 6.93. The van der Waals surface area contributed by atoms with Crippen molar-refractivity contribution in [3.8, 4) is 5.75 Å². The van der Waals surface area contributed by atoms with Gasteiger partial charge in [-0.2, -0.15) is 0 Å². The highest BCUT2D eigenvalue weighted by Crippen LogP contribution is 2.23. The third kappa shape index (κ3) is 7.07. The fourth-order valence-electron chi connectivity index (χ4n) is 2.18. The normalized spacial score (nSPS) is 13.6. The Morgan fingerprint density at radius 2 is 1.96 bits per heavy atom. The molecule has 2 rings (SSSR count). The van der Waals surface area contributed by atoms with E-state index in [1.54, 1.807) is 12.4 Å². The number of benzene rings is 1. The Kier molecular flexibility index (Phi) is 6.81. The summed E-state index contributed by atoms with van der Waals surface area (Å²) in [5, 5.41) is 8.32. The zero-order valence-electron chi connectivity index (χ0n) is 16.5. The molecule has 146 valence electrons. The quantitative estimate of drug-likeness (QED) is 0.368. The van der Waals surface area contributed by atoms with Gasteiger partial charge in [-0.25, -0.2) is 0 Å². The number of rotatable bonds is 6. The maximum atomic E-state index is 6.01. The second-order valence-corrected chi connectivity index (χ2v) is 9.27. The first-order valence-electron chi connectivity index (χ1n) is 8.72. The van der Waals surface area contributed by atoms with Crippen molar-refractivity contribution in [1.29, 1.82) is 0 Å². The van der Waals surface area contributed by atoms with Crippen molar-refractivity contribution < 1.29 is 9.57 Å². The Labute approximate surface area is 174 Å². The Hall–Kier alpha value is -1.73. The predicted octanol–water partition coefficient (Wildman–Crippen LogP) is 5.26. The summed E-state index contributed by atoms with van der Waals surface area (Å²) in [5.74, 6) is 0.738. The summed E-state index contributed by atoms with van der Waals surface area (Å²) in [6, 6.07) is 7.79. The highest BCUT2D eigenvalue weighted by Gasteiger charge is 2.21. The number of ether oxygens (including phenoxy) is 1. The van der Waals surface area contributed by atoms with Gasteiger partial charge in [0.1, 0.15) is 22.4 Å². The number of nitrogens with zero attached hydrogens (tertiary/aromatic N) is 2. The Morgan fingerprint density at radius 1 is 1.26 bits per heavy atom. The van der Waals surface area contributed by atoms with Gasteiger partial charge in [0.2, 0.25) is 0 Å². The molecule has 1 aromatic heterocycles. The molecule has 7 heteroatoms. The smallest absolute Gasteiger partial charge is 0.146 e. The van der Waals surface area contributed by atoms with Crippen LogP contribution in [-0.2, 0) is 4.84 Å². The third-order valence-electron chi connectivity index (χ3n) is 3.45. The molecule has 0 aliphatic rings. The molecule has 0 bridgehead atoms. The first-order valence-corrected chi connectivity index (χ1v) is 9.92. The van der Waals surface area contributed by atoms with Crippen molar-refractivity contribution in [1.82, 2.24) is 10.3 Å². The van der Waals surface area contributed by atoms with Crippen LogP contribution in [0.25, 0.3) is 10.9 Å². The van der Waals surface area contributed by atoms with E-state index in [1.807, 2.05) is 65.8 Å². The first kappa shape index (κ1) is 21.6. The average molecular weight is 452 g/mol. The third-order valence-corrected chi connectivity index (χ3v) is 4.32. The van der Waals surface area contributed by atoms with Crippen LogP contribution in [0.1, 0.15) is 41.5 Å². The molecule has 0 aliphatic carbocycles. The van der Waals surface area contributed by atoms with Crippen LogP contribution in [-0.4, -0.2) is 33.4 Å². The van der Waals surface area contributed by atoms with Crippen LogP contribution in [0.2, 0.25) is 0 Å². The summed E-state index contributed by atoms with van der Waals surface area (Å²) in [4.78, 5) is 10.4. The molecule has 0 amide bonds. The standard InChI is InChI=1S/C20H26BrN3O2S/c1-13(18(27)24-20(5,6)12-23-26-19(2,3)4)25-16-7-8-17-14(10-16)9-15(21)11-22-17/h7-13H,1-6H3,(H,24,27). The number of fused-ring (bicyclic) bond motifs is 1. The summed E-state index contributed by atoms with van der Waals surface area (Å²) in [6.07, 6.45) is 3.18. The molecule has 0 saturated heterocycles. The molecular formula is C20H26BrN3O2S. The Bertz CT molecular complexity index is 847. The lowest BCUT2D eigenvalue weighted by Crippen LogP contribution is -2.48. The summed E-state index contributed by atoms with van der Waals surface area (Å²) >= 11 is 8.95. The number of oxime groups is 1. The van der Waals surface area contributed by atoms with Crippen molar-refractivity contribution in [2.75, 3.05) is 0 Å². The number of aromatic nitrogens is 1. The van der Waals surface area contributed by atoms with Gasteiger partial charge in [-0.15, -0.1) is 0 Å². The van der Waals surface area contributed by atoms with Gasteiger partial charge in [0.15, 0.2) is 0 Å². The molecule has 27 heavy (non-hydrogen) atoms. The monoisotopic (exact) mass is 451 g/mol. The number of hydrogen-bond acceptors (Lipinski definition) is 5. The summed E-state index contributed by atoms with van der Waals surface area (Å²) in [5.41, 5.74) is 0.122. The Balaban J connectivity index is 2.00. The zero-order valence-corrected chi connectivity index (χ0v) is 18.9. The van der Waals surface area contributed by atoms with E-state index in [-0.39, 0.29) is 11.7 Å². The number of halogens is 1. The van der Waals surface area contributed by atoms with Gasteiger partial charge in [0.25, 0.3) is 0 Å². The predicted molar refractivity (Wildman–Crippen MR) is 119 cm³/mol. The maximum Gasteiger partial charge on any atom is 0.146 e. The van der Waals surface area contributed by atoms with E-state index in [9.17, 15) is 0 Å². The molecule has 2 aromatic rings. The fraction of sp³-hybridized carbons (Fsp3) is 0.450. The van der Waals surface area contributed by atoms with Crippen LogP contribution in [0.5, 0.6) is 5.75 Å². The number of hydrogen-bond donors (Lipinski definition) is 1. The highest BCUT2D eigenvalue weighted by atomic mass is 79.9. The summed E-state index contributed by atoms with van der Waals surface area (Å²) in [7, 11) is 0. The van der Waals surface area contributed by atoms with Crippen LogP contribution in [0, 0.1) is 0 Å². The van der Waals surface area contributed by atoms with E-state index in [4.69, 9.17) is 21.8 Å². The minimum Gasteiger partial charge on any atom is -0.484 e. The molecule has 0 aliphatic heterocycles. The van der Waals surface area contributed by atoms with Crippen molar-refractivity contribution in [3.63, 3.8) is 0 Å². The lowest BCUT2D eigenvalue weighted by molar-refractivity contribution is 0.00104. The summed E-state index contributed by atoms with van der Waals surface area (Å²) in [6.45, 7) is 11.7. The van der Waals surface area contributed by atoms with Gasteiger partial charge in [-0.3, -0.25) is 4.98 Å². The second kappa shape index (κ2) is 8.52. The van der Waals surface area contributed by atoms with E-state index < -0.39 is 5.54 Å². The zero-order chi connectivity index (χ0) is 20.2. The molecule has 1 N–H and O–H groups in total. The topological polar surface area (TPSA) is 55.7 Å². The molecule has 0 fully saturated rings. The highest BCUT2D eigenvalue weighted by molar-refractivity contribution is 9.10. The molecular weight excluding hydrogens is 426 g/mol. The van der Waals surface area contributed by atoms with Gasteiger partial charge < -0.3 is 14.9 Å². The lowest BCUT2D eigenvalue weighted by Gasteiger charge is -2.26. The van der Waals surface area contributed by atoms with Gasteiger partial charge in [0, 0.05) is 16.1 Å². The second-order valence-electron chi connectivity index (χ2n) is 7.92. The Morgan fingerprint density at radius 3 is 2.63 bits per heavy atom. The number of nitrogens with one attached hydrogen (secondary N) is 1. The van der Waals surface area contributed by atoms with Crippen molar-refractivity contribution >= 4 is 50.3 Å². The molecule has 5 nitrogen and oxygen atoms in total. The van der Waals surface area contributed by atoms with E-state index in [0.29, 0.717) is 4.99 Å². The fourth-order valence-corrected chi connectivity index (χ4v) is 2.84. The number of pyridine rings is 1. The number of thiocarbonyl (C=S) groups is 1. The van der Waals surface area contributed by atoms with Crippen LogP contribution < -0.4 is 10.1 Å².